The molecule has 0 aliphatic carbocycles. The lowest BCUT2D eigenvalue weighted by Gasteiger charge is -2.35. The van der Waals surface area contributed by atoms with Crippen LogP contribution in [0.2, 0.25) is 0 Å². The molecule has 21 heavy (non-hydrogen) atoms. The predicted molar refractivity (Wildman–Crippen MR) is 81.4 cm³/mol. The second kappa shape index (κ2) is 5.08. The van der Waals surface area contributed by atoms with Crippen molar-refractivity contribution in [1.29, 1.82) is 0 Å². The Bertz CT molecular complexity index is 668. The van der Waals surface area contributed by atoms with Gasteiger partial charge in [-0.1, -0.05) is 30.3 Å². The summed E-state index contributed by atoms with van der Waals surface area (Å²) in [5.41, 5.74) is 4.23. The maximum absolute atomic E-state index is 5.47. The molecule has 0 aromatic heterocycles. The Balaban J connectivity index is 1.55. The fourth-order valence-electron chi connectivity index (χ4n) is 3.22. The van der Waals surface area contributed by atoms with E-state index in [9.17, 15) is 0 Å². The van der Waals surface area contributed by atoms with E-state index in [2.05, 4.69) is 48.2 Å². The third-order valence-corrected chi connectivity index (χ3v) is 4.45. The summed E-state index contributed by atoms with van der Waals surface area (Å²) in [6.45, 7) is 4.62. The van der Waals surface area contributed by atoms with Gasteiger partial charge in [-0.2, -0.15) is 0 Å². The number of ether oxygens (including phenoxy) is 2. The van der Waals surface area contributed by atoms with E-state index < -0.39 is 0 Å². The molecule has 2 aromatic rings. The normalized spacial score (nSPS) is 20.3. The van der Waals surface area contributed by atoms with Crippen LogP contribution in [-0.4, -0.2) is 17.7 Å². The van der Waals surface area contributed by atoms with Crippen LogP contribution >= 0.6 is 0 Å². The van der Waals surface area contributed by atoms with Crippen molar-refractivity contribution in [3.8, 4) is 11.5 Å². The smallest absolute Gasteiger partial charge is 0.231 e. The molecule has 3 heteroatoms. The average molecular weight is 281 g/mol. The van der Waals surface area contributed by atoms with Crippen molar-refractivity contribution >= 4 is 0 Å². The first-order valence-corrected chi connectivity index (χ1v) is 7.49. The van der Waals surface area contributed by atoms with Crippen molar-refractivity contribution in [2.75, 3.05) is 6.79 Å². The summed E-state index contributed by atoms with van der Waals surface area (Å²) in [5, 5.41) is 0. The highest BCUT2D eigenvalue weighted by atomic mass is 16.7. The maximum atomic E-state index is 5.47. The molecule has 1 unspecified atom stereocenters. The molecule has 2 aromatic carbocycles. The molecule has 0 fully saturated rings. The van der Waals surface area contributed by atoms with E-state index in [1.165, 1.54) is 16.7 Å². The summed E-state index contributed by atoms with van der Waals surface area (Å²) < 4.78 is 10.8. The summed E-state index contributed by atoms with van der Waals surface area (Å²) in [6, 6.07) is 15.6. The Labute approximate surface area is 125 Å². The van der Waals surface area contributed by atoms with Crippen LogP contribution in [0.25, 0.3) is 0 Å². The van der Waals surface area contributed by atoms with E-state index in [1.807, 2.05) is 6.07 Å². The van der Waals surface area contributed by atoms with Crippen molar-refractivity contribution in [2.45, 2.75) is 32.5 Å². The molecule has 0 spiro atoms. The van der Waals surface area contributed by atoms with E-state index in [-0.39, 0.29) is 0 Å². The molecule has 2 aliphatic rings. The van der Waals surface area contributed by atoms with Crippen molar-refractivity contribution < 1.29 is 9.47 Å². The summed E-state index contributed by atoms with van der Waals surface area (Å²) >= 11 is 0. The second-order valence-corrected chi connectivity index (χ2v) is 5.91. The van der Waals surface area contributed by atoms with Crippen LogP contribution < -0.4 is 9.47 Å². The molecule has 2 heterocycles. The quantitative estimate of drug-likeness (QED) is 0.842. The molecule has 1 atom stereocenters. The van der Waals surface area contributed by atoms with Gasteiger partial charge >= 0.3 is 0 Å². The highest BCUT2D eigenvalue weighted by molar-refractivity contribution is 5.44. The molecule has 0 N–H and O–H groups in total. The summed E-state index contributed by atoms with van der Waals surface area (Å²) in [5.74, 6) is 1.73. The SMILES string of the molecule is CC1Cc2ccccc2CN1Cc1ccc2c(c1)OCO2. The number of hydrogen-bond donors (Lipinski definition) is 0. The lowest BCUT2D eigenvalue weighted by Crippen LogP contribution is -2.37. The van der Waals surface area contributed by atoms with Gasteiger partial charge in [0.2, 0.25) is 6.79 Å². The van der Waals surface area contributed by atoms with Crippen molar-refractivity contribution in [2.24, 2.45) is 0 Å². The second-order valence-electron chi connectivity index (χ2n) is 5.91. The van der Waals surface area contributed by atoms with Crippen LogP contribution in [0.1, 0.15) is 23.6 Å². The van der Waals surface area contributed by atoms with E-state index in [0.29, 0.717) is 12.8 Å². The molecule has 3 nitrogen and oxygen atoms in total. The largest absolute Gasteiger partial charge is 0.454 e. The van der Waals surface area contributed by atoms with Crippen molar-refractivity contribution in [3.63, 3.8) is 0 Å². The summed E-state index contributed by atoms with van der Waals surface area (Å²) in [4.78, 5) is 2.53. The molecular formula is C18H19NO2. The minimum Gasteiger partial charge on any atom is -0.454 e. The standard InChI is InChI=1S/C18H19NO2/c1-13-8-15-4-2-3-5-16(15)11-19(13)10-14-6-7-17-18(9-14)21-12-20-17/h2-7,9,13H,8,10-12H2,1H3. The van der Waals surface area contributed by atoms with Gasteiger partial charge in [0.15, 0.2) is 11.5 Å². The van der Waals surface area contributed by atoms with Gasteiger partial charge < -0.3 is 9.47 Å². The molecule has 108 valence electrons. The molecule has 0 saturated carbocycles. The lowest BCUT2D eigenvalue weighted by molar-refractivity contribution is 0.172. The third-order valence-electron chi connectivity index (χ3n) is 4.45. The molecule has 0 bridgehead atoms. The molecular weight excluding hydrogens is 262 g/mol. The molecule has 0 saturated heterocycles. The first-order chi connectivity index (χ1) is 10.3. The molecule has 4 rings (SSSR count). The lowest BCUT2D eigenvalue weighted by atomic mass is 9.94. The summed E-state index contributed by atoms with van der Waals surface area (Å²) in [7, 11) is 0. The zero-order valence-electron chi connectivity index (χ0n) is 12.2. The molecule has 2 aliphatic heterocycles. The van der Waals surface area contributed by atoms with Crippen LogP contribution in [0, 0.1) is 0 Å². The van der Waals surface area contributed by atoms with E-state index in [0.717, 1.165) is 31.0 Å². The summed E-state index contributed by atoms with van der Waals surface area (Å²) in [6.07, 6.45) is 1.13. The fraction of sp³-hybridized carbons (Fsp3) is 0.333. The molecule has 0 radical (unpaired) electrons. The van der Waals surface area contributed by atoms with Gasteiger partial charge in [0.05, 0.1) is 0 Å². The number of hydrogen-bond acceptors (Lipinski definition) is 3. The predicted octanol–water partition coefficient (Wildman–Crippen LogP) is 3.36. The fourth-order valence-corrected chi connectivity index (χ4v) is 3.22. The van der Waals surface area contributed by atoms with Gasteiger partial charge in [-0.15, -0.1) is 0 Å². The highest BCUT2D eigenvalue weighted by Crippen LogP contribution is 2.33. The van der Waals surface area contributed by atoms with Crippen LogP contribution in [0.3, 0.4) is 0 Å². The van der Waals surface area contributed by atoms with Gasteiger partial charge in [0.25, 0.3) is 0 Å². The Morgan fingerprint density at radius 1 is 1.05 bits per heavy atom. The van der Waals surface area contributed by atoms with Crippen molar-refractivity contribution in [1.82, 2.24) is 4.90 Å². The minimum atomic E-state index is 0.340. The number of benzene rings is 2. The first-order valence-electron chi connectivity index (χ1n) is 7.49. The van der Waals surface area contributed by atoms with Gasteiger partial charge in [-0.3, -0.25) is 4.90 Å². The third kappa shape index (κ3) is 2.38. The average Bonchev–Trinajstić information content (AvgIpc) is 2.95. The van der Waals surface area contributed by atoms with Gasteiger partial charge in [0, 0.05) is 19.1 Å². The first kappa shape index (κ1) is 12.7. The molecule has 0 amide bonds. The van der Waals surface area contributed by atoms with Crippen LogP contribution in [0.4, 0.5) is 0 Å². The maximum Gasteiger partial charge on any atom is 0.231 e. The van der Waals surface area contributed by atoms with Gasteiger partial charge in [0.1, 0.15) is 0 Å². The minimum absolute atomic E-state index is 0.340. The topological polar surface area (TPSA) is 21.7 Å². The van der Waals surface area contributed by atoms with E-state index in [1.54, 1.807) is 0 Å². The Kier molecular flexibility index (Phi) is 3.08. The van der Waals surface area contributed by atoms with Gasteiger partial charge in [-0.05, 0) is 42.2 Å². The number of fused-ring (bicyclic) bond motifs is 2. The number of nitrogens with zero attached hydrogens (tertiary/aromatic N) is 1. The monoisotopic (exact) mass is 281 g/mol. The van der Waals surface area contributed by atoms with Crippen molar-refractivity contribution in [3.05, 3.63) is 59.2 Å². The van der Waals surface area contributed by atoms with Crippen LogP contribution in [0.15, 0.2) is 42.5 Å². The van der Waals surface area contributed by atoms with Crippen LogP contribution in [-0.2, 0) is 19.5 Å². The zero-order chi connectivity index (χ0) is 14.2. The zero-order valence-corrected chi connectivity index (χ0v) is 12.2. The Hall–Kier alpha value is -2.00. The van der Waals surface area contributed by atoms with E-state index in [4.69, 9.17) is 9.47 Å². The number of rotatable bonds is 2. The Morgan fingerprint density at radius 2 is 1.86 bits per heavy atom. The van der Waals surface area contributed by atoms with E-state index >= 15 is 0 Å². The van der Waals surface area contributed by atoms with Gasteiger partial charge in [-0.25, -0.2) is 0 Å². The Morgan fingerprint density at radius 3 is 2.76 bits per heavy atom. The highest BCUT2D eigenvalue weighted by Gasteiger charge is 2.23. The van der Waals surface area contributed by atoms with Crippen LogP contribution in [0.5, 0.6) is 11.5 Å².